The average Bonchev–Trinajstić information content (AvgIpc) is 3.23. The van der Waals surface area contributed by atoms with Crippen LogP contribution in [0.4, 0.5) is 11.4 Å². The molecular formula is C25H17Cl3N4O2. The molecule has 0 saturated heterocycles. The smallest absolute Gasteiger partial charge is 0.259 e. The van der Waals surface area contributed by atoms with Gasteiger partial charge in [0.25, 0.3) is 11.8 Å². The van der Waals surface area contributed by atoms with Crippen molar-refractivity contribution in [2.75, 3.05) is 16.8 Å². The number of fused-ring (bicyclic) bond motifs is 3. The number of carbonyl (C=O) groups excluding carboxylic acids is 2. The molecule has 3 aromatic carbocycles. The maximum Gasteiger partial charge on any atom is 0.259 e. The number of rotatable bonds is 3. The summed E-state index contributed by atoms with van der Waals surface area (Å²) in [6.07, 6.45) is 2.44. The van der Waals surface area contributed by atoms with Gasteiger partial charge in [-0.2, -0.15) is 5.10 Å². The van der Waals surface area contributed by atoms with Gasteiger partial charge in [0.2, 0.25) is 0 Å². The van der Waals surface area contributed by atoms with E-state index < -0.39 is 5.91 Å². The van der Waals surface area contributed by atoms with E-state index in [0.29, 0.717) is 24.2 Å². The molecule has 1 aliphatic heterocycles. The van der Waals surface area contributed by atoms with Crippen LogP contribution in [0.5, 0.6) is 0 Å². The van der Waals surface area contributed by atoms with Gasteiger partial charge in [-0.05, 0) is 48.4 Å². The van der Waals surface area contributed by atoms with Gasteiger partial charge in [0, 0.05) is 17.8 Å². The zero-order valence-corrected chi connectivity index (χ0v) is 19.9. The molecule has 6 nitrogen and oxygen atoms in total. The van der Waals surface area contributed by atoms with Crippen molar-refractivity contribution >= 4 is 58.0 Å². The minimum atomic E-state index is -0.432. The molecule has 0 radical (unpaired) electrons. The number of amides is 2. The molecule has 170 valence electrons. The lowest BCUT2D eigenvalue weighted by Gasteiger charge is -2.23. The molecule has 4 aromatic rings. The summed E-state index contributed by atoms with van der Waals surface area (Å²) in [5, 5.41) is 10.6. The van der Waals surface area contributed by atoms with Crippen LogP contribution in [0.25, 0.3) is 11.3 Å². The summed E-state index contributed by atoms with van der Waals surface area (Å²) in [5.41, 5.74) is 4.64. The van der Waals surface area contributed by atoms with Gasteiger partial charge >= 0.3 is 0 Å². The van der Waals surface area contributed by atoms with E-state index in [4.69, 9.17) is 34.8 Å². The standard InChI is InChI=1S/C25H17Cl3N4O2/c26-19-6-3-5-18(22(19)28)24(33)30-15-8-9-16(20(27)12-15)25(34)32-11-10-14-13-29-31-23(14)17-4-1-2-7-21(17)32/h1-9,12-13H,10-11H2,(H,29,31)(H,30,33). The Kier molecular flexibility index (Phi) is 6.04. The first-order valence-corrected chi connectivity index (χ1v) is 11.6. The lowest BCUT2D eigenvalue weighted by molar-refractivity contribution is 0.0986. The fourth-order valence-electron chi connectivity index (χ4n) is 4.01. The van der Waals surface area contributed by atoms with E-state index in [1.54, 1.807) is 47.5 Å². The minimum absolute atomic E-state index is 0.166. The Morgan fingerprint density at radius 3 is 2.59 bits per heavy atom. The van der Waals surface area contributed by atoms with E-state index in [0.717, 1.165) is 22.5 Å². The topological polar surface area (TPSA) is 78.1 Å². The normalized spacial score (nSPS) is 12.5. The Bertz CT molecular complexity index is 1430. The molecule has 0 saturated carbocycles. The summed E-state index contributed by atoms with van der Waals surface area (Å²) in [6.45, 7) is 0.477. The van der Waals surface area contributed by atoms with Crippen molar-refractivity contribution in [3.8, 4) is 11.3 Å². The fraction of sp³-hybridized carbons (Fsp3) is 0.0800. The fourth-order valence-corrected chi connectivity index (χ4v) is 4.65. The Labute approximate surface area is 210 Å². The van der Waals surface area contributed by atoms with E-state index in [-0.39, 0.29) is 26.5 Å². The maximum absolute atomic E-state index is 13.5. The third kappa shape index (κ3) is 4.05. The predicted molar refractivity (Wildman–Crippen MR) is 135 cm³/mol. The summed E-state index contributed by atoms with van der Waals surface area (Å²) < 4.78 is 0. The zero-order chi connectivity index (χ0) is 23.8. The first-order valence-electron chi connectivity index (χ1n) is 10.4. The molecule has 0 aliphatic carbocycles. The monoisotopic (exact) mass is 510 g/mol. The van der Waals surface area contributed by atoms with E-state index in [2.05, 4.69) is 15.5 Å². The van der Waals surface area contributed by atoms with Crippen LogP contribution < -0.4 is 10.2 Å². The lowest BCUT2D eigenvalue weighted by Crippen LogP contribution is -2.32. The number of H-pyrrole nitrogens is 1. The van der Waals surface area contributed by atoms with Crippen LogP contribution in [0.3, 0.4) is 0 Å². The van der Waals surface area contributed by atoms with Crippen LogP contribution in [-0.4, -0.2) is 28.6 Å². The van der Waals surface area contributed by atoms with Crippen molar-refractivity contribution in [2.45, 2.75) is 6.42 Å². The minimum Gasteiger partial charge on any atom is -0.322 e. The number of halogens is 3. The van der Waals surface area contributed by atoms with Crippen LogP contribution in [0.1, 0.15) is 26.3 Å². The van der Waals surface area contributed by atoms with Gasteiger partial charge in [-0.1, -0.05) is 59.1 Å². The van der Waals surface area contributed by atoms with E-state index in [1.165, 1.54) is 0 Å². The number of para-hydroxylation sites is 1. The molecule has 2 N–H and O–H groups in total. The van der Waals surface area contributed by atoms with Crippen LogP contribution >= 0.6 is 34.8 Å². The van der Waals surface area contributed by atoms with E-state index in [1.807, 2.05) is 24.3 Å². The van der Waals surface area contributed by atoms with Crippen molar-refractivity contribution < 1.29 is 9.59 Å². The highest BCUT2D eigenvalue weighted by molar-refractivity contribution is 6.44. The molecule has 9 heteroatoms. The molecule has 1 aliphatic rings. The number of anilines is 2. The number of nitrogens with one attached hydrogen (secondary N) is 2. The SMILES string of the molecule is O=C(Nc1ccc(C(=O)N2CCc3cn[nH]c3-c3ccccc32)c(Cl)c1)c1cccc(Cl)c1Cl. The maximum atomic E-state index is 13.5. The van der Waals surface area contributed by atoms with Gasteiger partial charge in [-0.15, -0.1) is 0 Å². The first kappa shape index (κ1) is 22.5. The molecule has 5 rings (SSSR count). The summed E-state index contributed by atoms with van der Waals surface area (Å²) in [5.74, 6) is -0.662. The number of aromatic amines is 1. The largest absolute Gasteiger partial charge is 0.322 e. The molecular weight excluding hydrogens is 495 g/mol. The Morgan fingerprint density at radius 2 is 1.76 bits per heavy atom. The summed E-state index contributed by atoms with van der Waals surface area (Å²) >= 11 is 18.7. The molecule has 1 aromatic heterocycles. The molecule has 2 heterocycles. The summed E-state index contributed by atoms with van der Waals surface area (Å²) in [7, 11) is 0. The van der Waals surface area contributed by atoms with Gasteiger partial charge in [0.15, 0.2) is 0 Å². The van der Waals surface area contributed by atoms with Crippen molar-refractivity contribution in [3.63, 3.8) is 0 Å². The van der Waals surface area contributed by atoms with Gasteiger partial charge in [0.1, 0.15) is 0 Å². The number of hydrogen-bond acceptors (Lipinski definition) is 3. The number of benzene rings is 3. The third-order valence-corrected chi connectivity index (χ3v) is 6.82. The van der Waals surface area contributed by atoms with Crippen LogP contribution in [0.2, 0.25) is 15.1 Å². The predicted octanol–water partition coefficient (Wildman–Crippen LogP) is 6.49. The summed E-state index contributed by atoms with van der Waals surface area (Å²) in [4.78, 5) is 27.9. The van der Waals surface area contributed by atoms with Gasteiger partial charge in [-0.3, -0.25) is 14.7 Å². The molecule has 0 bridgehead atoms. The quantitative estimate of drug-likeness (QED) is 0.330. The van der Waals surface area contributed by atoms with Crippen molar-refractivity contribution in [1.82, 2.24) is 10.2 Å². The molecule has 0 fully saturated rings. The van der Waals surface area contributed by atoms with Crippen molar-refractivity contribution in [1.29, 1.82) is 0 Å². The number of nitrogens with zero attached hydrogens (tertiary/aromatic N) is 2. The van der Waals surface area contributed by atoms with Crippen LogP contribution in [0.15, 0.2) is 66.9 Å². The van der Waals surface area contributed by atoms with Crippen LogP contribution in [-0.2, 0) is 6.42 Å². The zero-order valence-electron chi connectivity index (χ0n) is 17.6. The lowest BCUT2D eigenvalue weighted by atomic mass is 10.1. The van der Waals surface area contributed by atoms with Gasteiger partial charge in [-0.25, -0.2) is 0 Å². The van der Waals surface area contributed by atoms with Crippen molar-refractivity contribution in [3.05, 3.63) is 98.6 Å². The molecule has 0 atom stereocenters. The number of hydrogen-bond donors (Lipinski definition) is 2. The first-order chi connectivity index (χ1) is 16.4. The molecule has 34 heavy (non-hydrogen) atoms. The van der Waals surface area contributed by atoms with Crippen LogP contribution in [0, 0.1) is 0 Å². The summed E-state index contributed by atoms with van der Waals surface area (Å²) in [6, 6.07) is 17.3. The number of aromatic nitrogens is 2. The Hall–Kier alpha value is -3.32. The molecule has 0 spiro atoms. The highest BCUT2D eigenvalue weighted by Gasteiger charge is 2.27. The Morgan fingerprint density at radius 1 is 0.941 bits per heavy atom. The van der Waals surface area contributed by atoms with E-state index in [9.17, 15) is 9.59 Å². The number of carbonyl (C=O) groups is 2. The average molecular weight is 512 g/mol. The third-order valence-electron chi connectivity index (χ3n) is 5.69. The van der Waals surface area contributed by atoms with E-state index >= 15 is 0 Å². The second-order valence-corrected chi connectivity index (χ2v) is 8.94. The highest BCUT2D eigenvalue weighted by atomic mass is 35.5. The highest BCUT2D eigenvalue weighted by Crippen LogP contribution is 2.36. The van der Waals surface area contributed by atoms with Crippen molar-refractivity contribution in [2.24, 2.45) is 0 Å². The van der Waals surface area contributed by atoms with Gasteiger partial charge < -0.3 is 10.2 Å². The Balaban J connectivity index is 1.42. The molecule has 2 amide bonds. The van der Waals surface area contributed by atoms with Gasteiger partial charge in [0.05, 0.1) is 43.8 Å². The molecule has 0 unspecified atom stereocenters. The second-order valence-electron chi connectivity index (χ2n) is 7.74. The second kappa shape index (κ2) is 9.14.